The third-order valence-corrected chi connectivity index (χ3v) is 3.64. The van der Waals surface area contributed by atoms with Crippen molar-refractivity contribution in [3.05, 3.63) is 84.1 Å². The molecule has 22 heavy (non-hydrogen) atoms. The molecule has 0 nitrogen and oxygen atoms in total. The van der Waals surface area contributed by atoms with Gasteiger partial charge in [-0.05, 0) is 34.6 Å². The van der Waals surface area contributed by atoms with Crippen LogP contribution in [0.1, 0.15) is 47.5 Å². The van der Waals surface area contributed by atoms with E-state index in [0.717, 1.165) is 12.0 Å². The van der Waals surface area contributed by atoms with E-state index in [9.17, 15) is 0 Å². The molecule has 0 aromatic rings. The van der Waals surface area contributed by atoms with E-state index >= 15 is 0 Å². The van der Waals surface area contributed by atoms with E-state index in [-0.39, 0.29) is 7.43 Å². The Kier molecular flexibility index (Phi) is 9.95. The van der Waals surface area contributed by atoms with Crippen LogP contribution in [0.3, 0.4) is 0 Å². The number of hydrogen-bond donors (Lipinski definition) is 0. The van der Waals surface area contributed by atoms with Crippen molar-refractivity contribution in [1.82, 2.24) is 0 Å². The summed E-state index contributed by atoms with van der Waals surface area (Å²) in [5, 5.41) is 0. The summed E-state index contributed by atoms with van der Waals surface area (Å²) in [5.74, 6) is 0.443. The van der Waals surface area contributed by atoms with Crippen molar-refractivity contribution in [3.63, 3.8) is 0 Å². The molecule has 0 N–H and O–H groups in total. The quantitative estimate of drug-likeness (QED) is 0.509. The third-order valence-electron chi connectivity index (χ3n) is 3.64. The molecule has 0 aromatic heterocycles. The van der Waals surface area contributed by atoms with Crippen molar-refractivity contribution < 1.29 is 0 Å². The van der Waals surface area contributed by atoms with Gasteiger partial charge >= 0.3 is 0 Å². The minimum absolute atomic E-state index is 0. The van der Waals surface area contributed by atoms with Crippen molar-refractivity contribution >= 4 is 0 Å². The van der Waals surface area contributed by atoms with E-state index in [4.69, 9.17) is 0 Å². The van der Waals surface area contributed by atoms with Crippen LogP contribution in [0.4, 0.5) is 0 Å². The highest BCUT2D eigenvalue weighted by Crippen LogP contribution is 2.30. The molecule has 0 heteroatoms. The zero-order valence-corrected chi connectivity index (χ0v) is 13.7. The van der Waals surface area contributed by atoms with Gasteiger partial charge < -0.3 is 0 Å². The lowest BCUT2D eigenvalue weighted by Gasteiger charge is -2.17. The Bertz CT molecular complexity index is 516. The van der Waals surface area contributed by atoms with Crippen LogP contribution in [-0.2, 0) is 0 Å². The zero-order valence-electron chi connectivity index (χ0n) is 13.7. The average molecular weight is 296 g/mol. The highest BCUT2D eigenvalue weighted by Gasteiger charge is 2.11. The third kappa shape index (κ3) is 6.30. The fourth-order valence-electron chi connectivity index (χ4n) is 2.05. The predicted molar refractivity (Wildman–Crippen MR) is 103 cm³/mol. The number of hydrogen-bond acceptors (Lipinski definition) is 0. The molecule has 0 fully saturated rings. The highest BCUT2D eigenvalue weighted by molar-refractivity contribution is 5.55. The molecular weight excluding hydrogens is 264 g/mol. The number of rotatable bonds is 2. The Hall–Kier alpha value is -1.82. The summed E-state index contributed by atoms with van der Waals surface area (Å²) in [7, 11) is 0. The number of allylic oxidation sites excluding steroid dienone is 12. The van der Waals surface area contributed by atoms with Crippen LogP contribution >= 0.6 is 0 Å². The van der Waals surface area contributed by atoms with Gasteiger partial charge in [0.2, 0.25) is 0 Å². The van der Waals surface area contributed by atoms with Gasteiger partial charge in [-0.25, -0.2) is 0 Å². The van der Waals surface area contributed by atoms with Crippen LogP contribution < -0.4 is 0 Å². The summed E-state index contributed by atoms with van der Waals surface area (Å²) in [6.07, 6.45) is 20.6. The molecule has 1 atom stereocenters. The molecule has 2 rings (SSSR count). The van der Waals surface area contributed by atoms with E-state index in [1.54, 1.807) is 0 Å². The zero-order chi connectivity index (χ0) is 15.7. The van der Waals surface area contributed by atoms with E-state index in [1.807, 2.05) is 6.08 Å². The first kappa shape index (κ1) is 20.2. The molecule has 2 bridgehead atoms. The standard InChI is InChI=1S/C17H18.C4H10.CH4/c1-4-16-11-8-13(2)6-5-7-15-10-9-14(3)17(16)12-15;1-3-4-2;/h4-11,13H,1,3,12H2,2H3;3-4H2,1-2H3;1H4/b6-5-,11-8-,15-7-,17-16+;;. The average Bonchev–Trinajstić information content (AvgIpc) is 2.50. The Balaban J connectivity index is 0.000000791. The second kappa shape index (κ2) is 10.8. The summed E-state index contributed by atoms with van der Waals surface area (Å²) in [6, 6.07) is 0. The van der Waals surface area contributed by atoms with Gasteiger partial charge in [0.1, 0.15) is 0 Å². The molecule has 0 aliphatic heterocycles. The van der Waals surface area contributed by atoms with E-state index in [1.165, 1.54) is 29.6 Å². The second-order valence-electron chi connectivity index (χ2n) is 5.52. The van der Waals surface area contributed by atoms with E-state index in [2.05, 4.69) is 76.5 Å². The largest absolute Gasteiger partial charge is 0.0985 e. The first-order chi connectivity index (χ1) is 10.1. The van der Waals surface area contributed by atoms with Gasteiger partial charge in [0.25, 0.3) is 0 Å². The fraction of sp³-hybridized carbons (Fsp3) is 0.364. The summed E-state index contributed by atoms with van der Waals surface area (Å²) in [5.41, 5.74) is 4.89. The molecule has 0 saturated carbocycles. The molecule has 120 valence electrons. The molecule has 0 heterocycles. The molecule has 0 aromatic carbocycles. The van der Waals surface area contributed by atoms with Gasteiger partial charge in [-0.1, -0.05) is 103 Å². The van der Waals surface area contributed by atoms with Crippen LogP contribution in [0.15, 0.2) is 84.1 Å². The minimum Gasteiger partial charge on any atom is -0.0985 e. The maximum absolute atomic E-state index is 4.11. The van der Waals surface area contributed by atoms with Crippen molar-refractivity contribution in [2.75, 3.05) is 0 Å². The lowest BCUT2D eigenvalue weighted by molar-refractivity contribution is 0.886. The van der Waals surface area contributed by atoms with Gasteiger partial charge in [-0.15, -0.1) is 0 Å². The highest BCUT2D eigenvalue weighted by atomic mass is 14.2. The molecule has 0 saturated heterocycles. The first-order valence-corrected chi connectivity index (χ1v) is 7.90. The summed E-state index contributed by atoms with van der Waals surface area (Å²) in [6.45, 7) is 14.6. The van der Waals surface area contributed by atoms with Crippen molar-refractivity contribution in [1.29, 1.82) is 0 Å². The number of fused-ring (bicyclic) bond motifs is 2. The molecule has 2 aliphatic carbocycles. The smallest absolute Gasteiger partial charge is 0.00141 e. The Morgan fingerprint density at radius 1 is 1.14 bits per heavy atom. The Morgan fingerprint density at radius 2 is 1.82 bits per heavy atom. The molecular formula is C22H32. The maximum atomic E-state index is 4.11. The first-order valence-electron chi connectivity index (χ1n) is 7.90. The predicted octanol–water partition coefficient (Wildman–Crippen LogP) is 7.12. The van der Waals surface area contributed by atoms with Crippen molar-refractivity contribution in [2.24, 2.45) is 5.92 Å². The van der Waals surface area contributed by atoms with E-state index < -0.39 is 0 Å². The van der Waals surface area contributed by atoms with Crippen LogP contribution in [0.2, 0.25) is 0 Å². The second-order valence-corrected chi connectivity index (χ2v) is 5.52. The SMILES string of the molecule is C.C=CC1=C2/C/C(=C\C=C/C(C)/C=C\1)C=CC2=C.CCCC. The molecule has 1 unspecified atom stereocenters. The lowest BCUT2D eigenvalue weighted by Crippen LogP contribution is -1.99. The van der Waals surface area contributed by atoms with Gasteiger partial charge in [0.15, 0.2) is 0 Å². The van der Waals surface area contributed by atoms with Crippen LogP contribution in [-0.4, -0.2) is 0 Å². The fourth-order valence-corrected chi connectivity index (χ4v) is 2.05. The lowest BCUT2D eigenvalue weighted by atomic mass is 9.87. The minimum atomic E-state index is 0. The van der Waals surface area contributed by atoms with Gasteiger partial charge in [0, 0.05) is 0 Å². The van der Waals surface area contributed by atoms with Crippen molar-refractivity contribution in [2.45, 2.75) is 47.5 Å². The van der Waals surface area contributed by atoms with Crippen molar-refractivity contribution in [3.8, 4) is 0 Å². The summed E-state index contributed by atoms with van der Waals surface area (Å²) >= 11 is 0. The van der Waals surface area contributed by atoms with E-state index in [0.29, 0.717) is 5.92 Å². The van der Waals surface area contributed by atoms with Crippen LogP contribution in [0.25, 0.3) is 0 Å². The molecule has 0 amide bonds. The maximum Gasteiger partial charge on any atom is -0.00141 e. The number of unbranched alkanes of at least 4 members (excludes halogenated alkanes) is 1. The monoisotopic (exact) mass is 296 g/mol. The molecule has 0 radical (unpaired) electrons. The molecule has 2 aliphatic rings. The molecule has 0 spiro atoms. The van der Waals surface area contributed by atoms with Gasteiger partial charge in [-0.2, -0.15) is 0 Å². The van der Waals surface area contributed by atoms with Gasteiger partial charge in [-0.3, -0.25) is 0 Å². The van der Waals surface area contributed by atoms with Gasteiger partial charge in [0.05, 0.1) is 0 Å². The summed E-state index contributed by atoms with van der Waals surface area (Å²) < 4.78 is 0. The topological polar surface area (TPSA) is 0 Å². The Labute approximate surface area is 138 Å². The van der Waals surface area contributed by atoms with Crippen LogP contribution in [0.5, 0.6) is 0 Å². The normalized spacial score (nSPS) is 28.2. The summed E-state index contributed by atoms with van der Waals surface area (Å²) in [4.78, 5) is 0. The Morgan fingerprint density at radius 3 is 2.41 bits per heavy atom. The van der Waals surface area contributed by atoms with Crippen LogP contribution in [0, 0.1) is 5.92 Å².